The number of thiazole rings is 1. The summed E-state index contributed by atoms with van der Waals surface area (Å²) in [5.41, 5.74) is 3.81. The maximum atomic E-state index is 12.2. The lowest BCUT2D eigenvalue weighted by molar-refractivity contribution is 0.300. The highest BCUT2D eigenvalue weighted by Crippen LogP contribution is 2.25. The van der Waals surface area contributed by atoms with Crippen LogP contribution in [0.4, 0.5) is 5.69 Å². The van der Waals surface area contributed by atoms with Crippen molar-refractivity contribution >= 4 is 38.0 Å². The lowest BCUT2D eigenvalue weighted by Gasteiger charge is -2.06. The third-order valence-corrected chi connectivity index (χ3v) is 5.73. The first-order valence-electron chi connectivity index (χ1n) is 6.22. The molecule has 0 unspecified atom stereocenters. The molecule has 0 fully saturated rings. The molecule has 0 amide bonds. The molecule has 1 aromatic carbocycles. The van der Waals surface area contributed by atoms with Gasteiger partial charge < -0.3 is 10.1 Å². The van der Waals surface area contributed by atoms with Gasteiger partial charge in [0.25, 0.3) is 10.0 Å². The molecule has 2 heterocycles. The number of aromatic nitrogens is 2. The Labute approximate surface area is 125 Å². The van der Waals surface area contributed by atoms with Crippen LogP contribution in [0.15, 0.2) is 40.3 Å². The molecule has 0 radical (unpaired) electrons. The number of sulfonamides is 1. The number of anilines is 1. The van der Waals surface area contributed by atoms with Crippen LogP contribution in [0, 0.1) is 0 Å². The van der Waals surface area contributed by atoms with Gasteiger partial charge in [0.2, 0.25) is 0 Å². The molecule has 0 bridgehead atoms. The van der Waals surface area contributed by atoms with Crippen LogP contribution in [0.1, 0.15) is 5.56 Å². The summed E-state index contributed by atoms with van der Waals surface area (Å²) in [6.45, 7) is 0.0454. The molecule has 0 aliphatic heterocycles. The van der Waals surface area contributed by atoms with Crippen molar-refractivity contribution in [2.75, 3.05) is 11.3 Å². The van der Waals surface area contributed by atoms with E-state index in [1.807, 2.05) is 6.20 Å². The Morgan fingerprint density at radius 3 is 2.95 bits per heavy atom. The summed E-state index contributed by atoms with van der Waals surface area (Å²) in [6, 6.07) is 5.26. The molecule has 6 nitrogen and oxygen atoms in total. The van der Waals surface area contributed by atoms with E-state index in [0.717, 1.165) is 27.8 Å². The monoisotopic (exact) mass is 323 g/mol. The van der Waals surface area contributed by atoms with Crippen molar-refractivity contribution in [2.45, 2.75) is 10.6 Å². The van der Waals surface area contributed by atoms with Crippen LogP contribution in [0.3, 0.4) is 0 Å². The van der Waals surface area contributed by atoms with E-state index in [1.54, 1.807) is 18.2 Å². The van der Waals surface area contributed by atoms with Crippen molar-refractivity contribution in [3.05, 3.63) is 41.7 Å². The van der Waals surface area contributed by atoms with Gasteiger partial charge in [-0.1, -0.05) is 0 Å². The van der Waals surface area contributed by atoms with Crippen molar-refractivity contribution < 1.29 is 13.5 Å². The predicted molar refractivity (Wildman–Crippen MR) is 82.0 cm³/mol. The Hall–Kier alpha value is -1.90. The second-order valence-corrected chi connectivity index (χ2v) is 7.27. The van der Waals surface area contributed by atoms with Crippen LogP contribution in [0.25, 0.3) is 10.9 Å². The number of aliphatic hydroxyl groups is 1. The molecule has 110 valence electrons. The third kappa shape index (κ3) is 2.78. The lowest BCUT2D eigenvalue weighted by atomic mass is 10.1. The Morgan fingerprint density at radius 1 is 1.38 bits per heavy atom. The largest absolute Gasteiger partial charge is 0.396 e. The average molecular weight is 323 g/mol. The summed E-state index contributed by atoms with van der Waals surface area (Å²) >= 11 is 1.06. The number of nitrogens with one attached hydrogen (secondary N) is 2. The zero-order valence-electron chi connectivity index (χ0n) is 10.9. The Morgan fingerprint density at radius 2 is 2.24 bits per heavy atom. The normalized spacial score (nSPS) is 11.9. The smallest absolute Gasteiger partial charge is 0.273 e. The Kier molecular flexibility index (Phi) is 3.66. The summed E-state index contributed by atoms with van der Waals surface area (Å²) in [4.78, 5) is 6.87. The van der Waals surface area contributed by atoms with Crippen molar-refractivity contribution in [2.24, 2.45) is 0 Å². The molecule has 3 aromatic rings. The third-order valence-electron chi connectivity index (χ3n) is 3.08. The Bertz CT molecular complexity index is 854. The summed E-state index contributed by atoms with van der Waals surface area (Å²) in [5, 5.41) is 9.94. The van der Waals surface area contributed by atoms with E-state index in [4.69, 9.17) is 5.11 Å². The van der Waals surface area contributed by atoms with Crippen molar-refractivity contribution in [3.8, 4) is 0 Å². The van der Waals surface area contributed by atoms with Gasteiger partial charge in [0.05, 0.1) is 11.7 Å². The van der Waals surface area contributed by atoms with E-state index in [2.05, 4.69) is 14.7 Å². The highest BCUT2D eigenvalue weighted by atomic mass is 32.2. The first-order chi connectivity index (χ1) is 10.1. The van der Waals surface area contributed by atoms with Crippen molar-refractivity contribution in [3.63, 3.8) is 0 Å². The predicted octanol–water partition coefficient (Wildman–Crippen LogP) is 1.96. The second kappa shape index (κ2) is 5.47. The van der Waals surface area contributed by atoms with Gasteiger partial charge in [-0.05, 0) is 30.2 Å². The van der Waals surface area contributed by atoms with Crippen LogP contribution in [0.2, 0.25) is 0 Å². The van der Waals surface area contributed by atoms with E-state index in [1.165, 1.54) is 11.7 Å². The summed E-state index contributed by atoms with van der Waals surface area (Å²) in [7, 11) is -3.60. The maximum absolute atomic E-state index is 12.2. The minimum atomic E-state index is -3.60. The van der Waals surface area contributed by atoms with Crippen LogP contribution in [0.5, 0.6) is 0 Å². The van der Waals surface area contributed by atoms with E-state index >= 15 is 0 Å². The Balaban J connectivity index is 1.96. The number of hydrogen-bond donors (Lipinski definition) is 3. The molecular weight excluding hydrogens is 310 g/mol. The molecule has 2 aromatic heterocycles. The molecule has 3 rings (SSSR count). The van der Waals surface area contributed by atoms with Crippen molar-refractivity contribution in [1.29, 1.82) is 0 Å². The molecule has 3 N–H and O–H groups in total. The van der Waals surface area contributed by atoms with Gasteiger partial charge in [-0.25, -0.2) is 8.42 Å². The zero-order chi connectivity index (χ0) is 14.9. The zero-order valence-corrected chi connectivity index (χ0v) is 12.5. The fraction of sp³-hybridized carbons (Fsp3) is 0.154. The van der Waals surface area contributed by atoms with Gasteiger partial charge in [0, 0.05) is 29.4 Å². The standard InChI is InChI=1S/C13H13N3O3S2/c17-4-3-9-6-15-12-2-1-10(5-11(9)12)16-21(18,19)13-7-14-8-20-13/h1-2,5-8,15-17H,3-4H2. The number of benzene rings is 1. The minimum Gasteiger partial charge on any atom is -0.396 e. The maximum Gasteiger partial charge on any atom is 0.273 e. The van der Waals surface area contributed by atoms with Crippen molar-refractivity contribution in [1.82, 2.24) is 9.97 Å². The minimum absolute atomic E-state index is 0.0454. The second-order valence-electron chi connectivity index (χ2n) is 4.47. The average Bonchev–Trinajstić information content (AvgIpc) is 3.09. The summed E-state index contributed by atoms with van der Waals surface area (Å²) < 4.78 is 27.0. The summed E-state index contributed by atoms with van der Waals surface area (Å²) in [6.07, 6.45) is 3.66. The molecule has 0 saturated carbocycles. The van der Waals surface area contributed by atoms with E-state index in [9.17, 15) is 8.42 Å². The fourth-order valence-electron chi connectivity index (χ4n) is 2.11. The first kappa shape index (κ1) is 14.1. The fourth-order valence-corrected chi connectivity index (χ4v) is 3.96. The highest BCUT2D eigenvalue weighted by Gasteiger charge is 2.16. The van der Waals surface area contributed by atoms with Gasteiger partial charge >= 0.3 is 0 Å². The molecule has 0 spiro atoms. The molecular formula is C13H13N3O3S2. The lowest BCUT2D eigenvalue weighted by Crippen LogP contribution is -2.11. The molecule has 0 saturated heterocycles. The summed E-state index contributed by atoms with van der Waals surface area (Å²) in [5.74, 6) is 0. The van der Waals surface area contributed by atoms with E-state index in [-0.39, 0.29) is 10.8 Å². The number of rotatable bonds is 5. The topological polar surface area (TPSA) is 95.1 Å². The van der Waals surface area contributed by atoms with Crippen LogP contribution < -0.4 is 4.72 Å². The number of fused-ring (bicyclic) bond motifs is 1. The molecule has 0 aliphatic carbocycles. The SMILES string of the molecule is O=S(=O)(Nc1ccc2[nH]cc(CCO)c2c1)c1cncs1. The van der Waals surface area contributed by atoms with Crippen LogP contribution in [-0.2, 0) is 16.4 Å². The van der Waals surface area contributed by atoms with Gasteiger partial charge in [-0.2, -0.15) is 0 Å². The van der Waals surface area contributed by atoms with Crippen LogP contribution >= 0.6 is 11.3 Å². The van der Waals surface area contributed by atoms with Gasteiger partial charge in [0.1, 0.15) is 0 Å². The van der Waals surface area contributed by atoms with Gasteiger partial charge in [-0.3, -0.25) is 9.71 Å². The molecule has 8 heteroatoms. The number of aliphatic hydroxyl groups excluding tert-OH is 1. The van der Waals surface area contributed by atoms with E-state index < -0.39 is 10.0 Å². The van der Waals surface area contributed by atoms with Gasteiger partial charge in [-0.15, -0.1) is 11.3 Å². The molecule has 0 aliphatic rings. The number of hydrogen-bond acceptors (Lipinski definition) is 5. The van der Waals surface area contributed by atoms with Crippen LogP contribution in [-0.4, -0.2) is 30.1 Å². The van der Waals surface area contributed by atoms with E-state index in [0.29, 0.717) is 12.1 Å². The number of nitrogens with zero attached hydrogens (tertiary/aromatic N) is 1. The first-order valence-corrected chi connectivity index (χ1v) is 8.58. The molecule has 21 heavy (non-hydrogen) atoms. The molecule has 0 atom stereocenters. The van der Waals surface area contributed by atoms with Gasteiger partial charge in [0.15, 0.2) is 4.21 Å². The quantitative estimate of drug-likeness (QED) is 0.669. The number of aromatic amines is 1. The highest BCUT2D eigenvalue weighted by molar-refractivity contribution is 7.94. The number of H-pyrrole nitrogens is 1.